The zero-order valence-corrected chi connectivity index (χ0v) is 8.34. The van der Waals surface area contributed by atoms with Crippen molar-refractivity contribution in [2.75, 3.05) is 0 Å². The monoisotopic (exact) mass is 167 g/mol. The zero-order chi connectivity index (χ0) is 8.55. The van der Waals surface area contributed by atoms with Crippen LogP contribution in [0.3, 0.4) is 0 Å². The first-order valence-corrected chi connectivity index (χ1v) is 5.50. The molecule has 2 saturated heterocycles. The number of hydrogen-bond donors (Lipinski definition) is 1. The molecule has 2 aliphatic rings. The van der Waals surface area contributed by atoms with Gasteiger partial charge in [0.05, 0.1) is 0 Å². The van der Waals surface area contributed by atoms with Crippen molar-refractivity contribution in [2.24, 2.45) is 11.8 Å². The van der Waals surface area contributed by atoms with Crippen LogP contribution in [-0.2, 0) is 0 Å². The Bertz CT molecular complexity index is 141. The van der Waals surface area contributed by atoms with E-state index >= 15 is 0 Å². The molecule has 0 aromatic rings. The summed E-state index contributed by atoms with van der Waals surface area (Å²) in [6.45, 7) is 4.70. The third-order valence-electron chi connectivity index (χ3n) is 3.38. The lowest BCUT2D eigenvalue weighted by molar-refractivity contribution is 0.263. The minimum absolute atomic E-state index is 0.882. The maximum atomic E-state index is 3.69. The fraction of sp³-hybridized carbons (Fsp3) is 1.00. The van der Waals surface area contributed by atoms with Gasteiger partial charge in [-0.1, -0.05) is 13.8 Å². The van der Waals surface area contributed by atoms with Gasteiger partial charge < -0.3 is 5.32 Å². The number of piperidine rings is 1. The van der Waals surface area contributed by atoms with E-state index in [0.717, 1.165) is 23.9 Å². The highest BCUT2D eigenvalue weighted by molar-refractivity contribution is 4.91. The van der Waals surface area contributed by atoms with Crippen LogP contribution in [0.5, 0.6) is 0 Å². The Morgan fingerprint density at radius 1 is 1.17 bits per heavy atom. The Kier molecular flexibility index (Phi) is 2.40. The number of fused-ring (bicyclic) bond motifs is 2. The van der Waals surface area contributed by atoms with Gasteiger partial charge in [0.25, 0.3) is 0 Å². The van der Waals surface area contributed by atoms with Crippen molar-refractivity contribution in [1.82, 2.24) is 5.32 Å². The van der Waals surface area contributed by atoms with Gasteiger partial charge >= 0.3 is 0 Å². The summed E-state index contributed by atoms with van der Waals surface area (Å²) in [6, 6.07) is 1.76. The minimum atomic E-state index is 0.882. The molecule has 0 aliphatic carbocycles. The van der Waals surface area contributed by atoms with E-state index in [1.54, 1.807) is 0 Å². The zero-order valence-electron chi connectivity index (χ0n) is 8.34. The predicted octanol–water partition coefficient (Wildman–Crippen LogP) is 2.56. The van der Waals surface area contributed by atoms with Crippen LogP contribution in [0.2, 0.25) is 0 Å². The second-order valence-electron chi connectivity index (χ2n) is 5.10. The maximum Gasteiger partial charge on any atom is 0.00728 e. The van der Waals surface area contributed by atoms with E-state index < -0.39 is 0 Å². The smallest absolute Gasteiger partial charge is 0.00728 e. The second-order valence-corrected chi connectivity index (χ2v) is 5.10. The normalized spacial score (nSPS) is 40.8. The Labute approximate surface area is 75.9 Å². The van der Waals surface area contributed by atoms with Crippen LogP contribution in [0, 0.1) is 11.8 Å². The third-order valence-corrected chi connectivity index (χ3v) is 3.38. The van der Waals surface area contributed by atoms with Gasteiger partial charge in [-0.25, -0.2) is 0 Å². The average molecular weight is 167 g/mol. The van der Waals surface area contributed by atoms with Crippen molar-refractivity contribution in [3.8, 4) is 0 Å². The molecule has 0 unspecified atom stereocenters. The first-order chi connectivity index (χ1) is 5.74. The highest BCUT2D eigenvalue weighted by Crippen LogP contribution is 2.34. The summed E-state index contributed by atoms with van der Waals surface area (Å²) in [6.07, 6.45) is 7.25. The summed E-state index contributed by atoms with van der Waals surface area (Å²) in [7, 11) is 0. The quantitative estimate of drug-likeness (QED) is 0.666. The molecule has 70 valence electrons. The highest BCUT2D eigenvalue weighted by Gasteiger charge is 2.33. The van der Waals surface area contributed by atoms with Crippen LogP contribution in [0.1, 0.15) is 46.0 Å². The summed E-state index contributed by atoms with van der Waals surface area (Å²) in [5.74, 6) is 1.93. The van der Waals surface area contributed by atoms with Gasteiger partial charge in [-0.3, -0.25) is 0 Å². The molecule has 0 aromatic heterocycles. The van der Waals surface area contributed by atoms with Crippen molar-refractivity contribution in [3.63, 3.8) is 0 Å². The van der Waals surface area contributed by atoms with E-state index in [4.69, 9.17) is 0 Å². The Hall–Kier alpha value is -0.0400. The maximum absolute atomic E-state index is 3.69. The molecule has 2 aliphatic heterocycles. The van der Waals surface area contributed by atoms with Crippen LogP contribution in [0.4, 0.5) is 0 Å². The molecular weight excluding hydrogens is 146 g/mol. The molecule has 1 N–H and O–H groups in total. The molecule has 0 saturated carbocycles. The van der Waals surface area contributed by atoms with Gasteiger partial charge in [-0.2, -0.15) is 0 Å². The van der Waals surface area contributed by atoms with E-state index in [1.165, 1.54) is 32.1 Å². The number of nitrogens with one attached hydrogen (secondary N) is 1. The molecule has 2 fully saturated rings. The minimum Gasteiger partial charge on any atom is -0.311 e. The molecule has 0 radical (unpaired) electrons. The molecule has 0 amide bonds. The highest BCUT2D eigenvalue weighted by atomic mass is 15.0. The predicted molar refractivity (Wildman–Crippen MR) is 52.1 cm³/mol. The van der Waals surface area contributed by atoms with Gasteiger partial charge in [0.1, 0.15) is 0 Å². The molecular formula is C11H21N. The van der Waals surface area contributed by atoms with Crippen LogP contribution < -0.4 is 5.32 Å². The van der Waals surface area contributed by atoms with Gasteiger partial charge in [0.15, 0.2) is 0 Å². The van der Waals surface area contributed by atoms with E-state index in [9.17, 15) is 0 Å². The van der Waals surface area contributed by atoms with Crippen LogP contribution >= 0.6 is 0 Å². The molecule has 3 atom stereocenters. The molecule has 1 nitrogen and oxygen atoms in total. The van der Waals surface area contributed by atoms with Crippen molar-refractivity contribution in [1.29, 1.82) is 0 Å². The Balaban J connectivity index is 1.85. The second kappa shape index (κ2) is 3.37. The van der Waals surface area contributed by atoms with Gasteiger partial charge in [0.2, 0.25) is 0 Å². The molecule has 1 heteroatoms. The SMILES string of the molecule is CC(C)C[C@H]1C[C@H]2CC[C@@H](C1)N2. The molecule has 12 heavy (non-hydrogen) atoms. The van der Waals surface area contributed by atoms with E-state index in [-0.39, 0.29) is 0 Å². The lowest BCUT2D eigenvalue weighted by Gasteiger charge is -2.30. The largest absolute Gasteiger partial charge is 0.311 e. The fourth-order valence-corrected chi connectivity index (χ4v) is 3.03. The van der Waals surface area contributed by atoms with Gasteiger partial charge in [-0.15, -0.1) is 0 Å². The first-order valence-electron chi connectivity index (χ1n) is 5.50. The van der Waals surface area contributed by atoms with Crippen LogP contribution in [-0.4, -0.2) is 12.1 Å². The molecule has 0 spiro atoms. The number of rotatable bonds is 2. The fourth-order valence-electron chi connectivity index (χ4n) is 3.03. The summed E-state index contributed by atoms with van der Waals surface area (Å²) in [4.78, 5) is 0. The van der Waals surface area contributed by atoms with Crippen molar-refractivity contribution in [2.45, 2.75) is 58.0 Å². The first kappa shape index (κ1) is 8.55. The number of hydrogen-bond acceptors (Lipinski definition) is 1. The molecule has 0 aromatic carbocycles. The van der Waals surface area contributed by atoms with E-state index in [1.807, 2.05) is 0 Å². The van der Waals surface area contributed by atoms with E-state index in [0.29, 0.717) is 0 Å². The lowest BCUT2D eigenvalue weighted by Crippen LogP contribution is -2.38. The van der Waals surface area contributed by atoms with Crippen molar-refractivity contribution >= 4 is 0 Å². The molecule has 2 rings (SSSR count). The molecule has 2 heterocycles. The lowest BCUT2D eigenvalue weighted by atomic mass is 9.86. The van der Waals surface area contributed by atoms with Crippen LogP contribution in [0.25, 0.3) is 0 Å². The van der Waals surface area contributed by atoms with Crippen LogP contribution in [0.15, 0.2) is 0 Å². The standard InChI is InChI=1S/C11H21N/c1-8(2)5-9-6-10-3-4-11(7-9)12-10/h8-12H,3-7H2,1-2H3/t9-,10+,11-. The van der Waals surface area contributed by atoms with Gasteiger partial charge in [-0.05, 0) is 43.9 Å². The third kappa shape index (κ3) is 1.82. The van der Waals surface area contributed by atoms with Gasteiger partial charge in [0, 0.05) is 12.1 Å². The summed E-state index contributed by atoms with van der Waals surface area (Å²) in [5, 5.41) is 3.69. The van der Waals surface area contributed by atoms with Crippen molar-refractivity contribution in [3.05, 3.63) is 0 Å². The Morgan fingerprint density at radius 3 is 2.25 bits per heavy atom. The molecule has 2 bridgehead atoms. The van der Waals surface area contributed by atoms with Crippen molar-refractivity contribution < 1.29 is 0 Å². The summed E-state index contributed by atoms with van der Waals surface area (Å²) >= 11 is 0. The topological polar surface area (TPSA) is 12.0 Å². The average Bonchev–Trinajstić information content (AvgIpc) is 2.29. The summed E-state index contributed by atoms with van der Waals surface area (Å²) in [5.41, 5.74) is 0. The Morgan fingerprint density at radius 2 is 1.75 bits per heavy atom. The summed E-state index contributed by atoms with van der Waals surface area (Å²) < 4.78 is 0. The van der Waals surface area contributed by atoms with E-state index in [2.05, 4.69) is 19.2 Å².